The number of hydrogen-bond acceptors (Lipinski definition) is 4. The van der Waals surface area contributed by atoms with Gasteiger partial charge in [-0.25, -0.2) is 0 Å². The number of nitrogens with two attached hydrogens (primary N) is 1. The fourth-order valence-electron chi connectivity index (χ4n) is 3.15. The van der Waals surface area contributed by atoms with Crippen LogP contribution in [0.15, 0.2) is 12.4 Å². The number of rotatable bonds is 3. The van der Waals surface area contributed by atoms with E-state index in [0.717, 1.165) is 18.4 Å². The smallest absolute Gasteiger partial charge is 0.257 e. The zero-order chi connectivity index (χ0) is 13.8. The first-order valence-corrected chi connectivity index (χ1v) is 6.65. The molecular weight excluding hydrogens is 242 g/mol. The van der Waals surface area contributed by atoms with Gasteiger partial charge in [-0.2, -0.15) is 0 Å². The molecule has 0 spiro atoms. The molecule has 5 nitrogen and oxygen atoms in total. The monoisotopic (exact) mass is 261 g/mol. The number of nitrogen functional groups attached to an aromatic ring is 1. The minimum atomic E-state index is -0.902. The molecule has 1 fully saturated rings. The normalized spacial score (nSPS) is 20.6. The molecular formula is C14H19N3O2. The Bertz CT molecular complexity index is 532. The first-order valence-electron chi connectivity index (χ1n) is 6.65. The number of amides is 1. The first kappa shape index (κ1) is 12.4. The third-order valence-corrected chi connectivity index (χ3v) is 4.00. The standard InChI is InChI=1S/C14H19N3O2/c1-14(2,19)12(8-3-4-8)17-7-9-5-16-6-10(15)11(9)13(17)18/h5-6,8,12,19H,3-4,7,15H2,1-2H3/t12-/m1/s1. The van der Waals surface area contributed by atoms with Gasteiger partial charge in [-0.3, -0.25) is 9.78 Å². The van der Waals surface area contributed by atoms with Crippen LogP contribution in [0.4, 0.5) is 5.69 Å². The van der Waals surface area contributed by atoms with Crippen molar-refractivity contribution in [2.75, 3.05) is 5.73 Å². The number of pyridine rings is 1. The quantitative estimate of drug-likeness (QED) is 0.856. The molecule has 102 valence electrons. The van der Waals surface area contributed by atoms with Crippen LogP contribution in [0.5, 0.6) is 0 Å². The van der Waals surface area contributed by atoms with Gasteiger partial charge < -0.3 is 15.7 Å². The maximum atomic E-state index is 12.5. The van der Waals surface area contributed by atoms with Gasteiger partial charge in [-0.05, 0) is 32.6 Å². The van der Waals surface area contributed by atoms with E-state index in [1.807, 2.05) is 0 Å². The molecule has 1 aromatic heterocycles. The Morgan fingerprint density at radius 2 is 2.16 bits per heavy atom. The van der Waals surface area contributed by atoms with Crippen LogP contribution in [0, 0.1) is 5.92 Å². The van der Waals surface area contributed by atoms with E-state index in [2.05, 4.69) is 4.98 Å². The van der Waals surface area contributed by atoms with E-state index in [4.69, 9.17) is 5.73 Å². The molecule has 0 unspecified atom stereocenters. The van der Waals surface area contributed by atoms with Crippen molar-refractivity contribution in [2.45, 2.75) is 44.9 Å². The third kappa shape index (κ3) is 1.98. The van der Waals surface area contributed by atoms with Crippen molar-refractivity contribution in [2.24, 2.45) is 5.92 Å². The lowest BCUT2D eigenvalue weighted by Crippen LogP contribution is -2.51. The molecule has 1 saturated carbocycles. The summed E-state index contributed by atoms with van der Waals surface area (Å²) >= 11 is 0. The summed E-state index contributed by atoms with van der Waals surface area (Å²) < 4.78 is 0. The van der Waals surface area contributed by atoms with Gasteiger partial charge in [0.25, 0.3) is 5.91 Å². The van der Waals surface area contributed by atoms with Crippen molar-refractivity contribution in [3.8, 4) is 0 Å². The van der Waals surface area contributed by atoms with Gasteiger partial charge in [-0.15, -0.1) is 0 Å². The van der Waals surface area contributed by atoms with Crippen molar-refractivity contribution < 1.29 is 9.90 Å². The molecule has 1 aliphatic heterocycles. The molecule has 0 radical (unpaired) electrons. The molecule has 0 aromatic carbocycles. The molecule has 2 aliphatic rings. The van der Waals surface area contributed by atoms with Crippen LogP contribution in [-0.4, -0.2) is 32.5 Å². The van der Waals surface area contributed by atoms with Crippen LogP contribution in [0.1, 0.15) is 42.6 Å². The summed E-state index contributed by atoms with van der Waals surface area (Å²) in [5, 5.41) is 10.4. The Kier molecular flexibility index (Phi) is 2.57. The summed E-state index contributed by atoms with van der Waals surface area (Å²) in [6.45, 7) is 4.04. The minimum absolute atomic E-state index is 0.0751. The van der Waals surface area contributed by atoms with Crippen LogP contribution in [0.3, 0.4) is 0 Å². The van der Waals surface area contributed by atoms with Gasteiger partial charge >= 0.3 is 0 Å². The average Bonchev–Trinajstić information content (AvgIpc) is 3.04. The lowest BCUT2D eigenvalue weighted by molar-refractivity contribution is -0.0224. The highest BCUT2D eigenvalue weighted by atomic mass is 16.3. The Labute approximate surface area is 112 Å². The largest absolute Gasteiger partial charge is 0.397 e. The van der Waals surface area contributed by atoms with Gasteiger partial charge in [0, 0.05) is 18.3 Å². The number of carbonyl (C=O) groups is 1. The molecule has 3 N–H and O–H groups in total. The summed E-state index contributed by atoms with van der Waals surface area (Å²) in [6, 6.07) is -0.146. The minimum Gasteiger partial charge on any atom is -0.397 e. The molecule has 2 heterocycles. The highest BCUT2D eigenvalue weighted by Gasteiger charge is 2.48. The number of fused-ring (bicyclic) bond motifs is 1. The van der Waals surface area contributed by atoms with E-state index in [1.165, 1.54) is 6.20 Å². The second-order valence-corrected chi connectivity index (χ2v) is 6.13. The van der Waals surface area contributed by atoms with Crippen molar-refractivity contribution in [1.29, 1.82) is 0 Å². The van der Waals surface area contributed by atoms with E-state index in [1.54, 1.807) is 24.9 Å². The number of anilines is 1. The van der Waals surface area contributed by atoms with Crippen LogP contribution >= 0.6 is 0 Å². The van der Waals surface area contributed by atoms with E-state index >= 15 is 0 Å². The van der Waals surface area contributed by atoms with Crippen molar-refractivity contribution in [3.63, 3.8) is 0 Å². The van der Waals surface area contributed by atoms with E-state index in [9.17, 15) is 9.90 Å². The summed E-state index contributed by atoms with van der Waals surface area (Å²) in [4.78, 5) is 18.3. The highest BCUT2D eigenvalue weighted by molar-refractivity contribution is 6.03. The summed E-state index contributed by atoms with van der Waals surface area (Å²) in [7, 11) is 0. The van der Waals surface area contributed by atoms with Gasteiger partial charge in [0.1, 0.15) is 0 Å². The van der Waals surface area contributed by atoms with Crippen LogP contribution in [0.25, 0.3) is 0 Å². The number of hydrogen-bond donors (Lipinski definition) is 2. The topological polar surface area (TPSA) is 79.4 Å². The zero-order valence-electron chi connectivity index (χ0n) is 11.3. The Morgan fingerprint density at radius 3 is 2.68 bits per heavy atom. The first-order chi connectivity index (χ1) is 8.89. The van der Waals surface area contributed by atoms with E-state index < -0.39 is 5.60 Å². The predicted octanol–water partition coefficient (Wildman–Crippen LogP) is 1.17. The summed E-state index contributed by atoms with van der Waals surface area (Å²) in [5.74, 6) is 0.321. The number of aliphatic hydroxyl groups is 1. The third-order valence-electron chi connectivity index (χ3n) is 4.00. The predicted molar refractivity (Wildman–Crippen MR) is 71.3 cm³/mol. The second kappa shape index (κ2) is 3.93. The lowest BCUT2D eigenvalue weighted by atomic mass is 9.93. The van der Waals surface area contributed by atoms with Crippen LogP contribution in [0.2, 0.25) is 0 Å². The fraction of sp³-hybridized carbons (Fsp3) is 0.571. The maximum absolute atomic E-state index is 12.5. The summed E-state index contributed by atoms with van der Waals surface area (Å²) in [5.41, 5.74) is 6.80. The van der Waals surface area contributed by atoms with E-state index in [0.29, 0.717) is 23.7 Å². The van der Waals surface area contributed by atoms with Gasteiger partial charge in [0.2, 0.25) is 0 Å². The maximum Gasteiger partial charge on any atom is 0.257 e. The van der Waals surface area contributed by atoms with Gasteiger partial charge in [0.15, 0.2) is 0 Å². The molecule has 1 amide bonds. The molecule has 1 aromatic rings. The molecule has 1 aliphatic carbocycles. The summed E-state index contributed by atoms with van der Waals surface area (Å²) in [6.07, 6.45) is 5.35. The van der Waals surface area contributed by atoms with Crippen LogP contribution < -0.4 is 5.73 Å². The van der Waals surface area contributed by atoms with Crippen molar-refractivity contribution >= 4 is 11.6 Å². The molecule has 1 atom stereocenters. The fourth-order valence-corrected chi connectivity index (χ4v) is 3.15. The second-order valence-electron chi connectivity index (χ2n) is 6.13. The Morgan fingerprint density at radius 1 is 1.47 bits per heavy atom. The average molecular weight is 261 g/mol. The molecule has 3 rings (SSSR count). The molecule has 0 saturated heterocycles. The SMILES string of the molecule is CC(C)(O)[C@@H](C1CC1)N1Cc2cncc(N)c2C1=O. The van der Waals surface area contributed by atoms with Crippen LogP contribution in [-0.2, 0) is 6.54 Å². The van der Waals surface area contributed by atoms with Gasteiger partial charge in [0.05, 0.1) is 29.1 Å². The zero-order valence-corrected chi connectivity index (χ0v) is 11.3. The lowest BCUT2D eigenvalue weighted by Gasteiger charge is -2.37. The number of nitrogens with zero attached hydrogens (tertiary/aromatic N) is 2. The highest BCUT2D eigenvalue weighted by Crippen LogP contribution is 2.43. The van der Waals surface area contributed by atoms with Crippen molar-refractivity contribution in [3.05, 3.63) is 23.5 Å². The number of carbonyl (C=O) groups excluding carboxylic acids is 1. The Balaban J connectivity index is 1.97. The van der Waals surface area contributed by atoms with Crippen molar-refractivity contribution in [1.82, 2.24) is 9.88 Å². The molecule has 0 bridgehead atoms. The van der Waals surface area contributed by atoms with E-state index in [-0.39, 0.29) is 11.9 Å². The molecule has 19 heavy (non-hydrogen) atoms. The number of aromatic nitrogens is 1. The Hall–Kier alpha value is -1.62. The van der Waals surface area contributed by atoms with Gasteiger partial charge in [-0.1, -0.05) is 0 Å². The molecule has 5 heteroatoms.